The second kappa shape index (κ2) is 13.0. The van der Waals surface area contributed by atoms with Crippen LogP contribution >= 0.6 is 0 Å². The Morgan fingerprint density at radius 2 is 0.929 bits per heavy atom. The number of para-hydroxylation sites is 2. The Kier molecular flexibility index (Phi) is 7.49. The minimum atomic E-state index is -0.449. The van der Waals surface area contributed by atoms with Crippen LogP contribution in [-0.2, 0) is 5.41 Å². The summed E-state index contributed by atoms with van der Waals surface area (Å²) in [6.45, 7) is 0. The highest BCUT2D eigenvalue weighted by molar-refractivity contribution is 5.89. The van der Waals surface area contributed by atoms with Crippen LogP contribution in [0.15, 0.2) is 206 Å². The van der Waals surface area contributed by atoms with Crippen molar-refractivity contribution in [2.75, 3.05) is 4.90 Å². The van der Waals surface area contributed by atoms with E-state index in [-0.39, 0.29) is 11.8 Å². The number of benzene rings is 7. The zero-order valence-corrected chi connectivity index (χ0v) is 30.6. The average molecular weight is 717 g/mol. The largest absolute Gasteiger partial charge is 0.310 e. The van der Waals surface area contributed by atoms with Gasteiger partial charge in [0.1, 0.15) is 0 Å². The molecule has 4 nitrogen and oxygen atoms in total. The van der Waals surface area contributed by atoms with Crippen LogP contribution in [0.25, 0.3) is 45.3 Å². The first-order valence-corrected chi connectivity index (χ1v) is 19.3. The van der Waals surface area contributed by atoms with Gasteiger partial charge in [0.15, 0.2) is 17.5 Å². The van der Waals surface area contributed by atoms with Gasteiger partial charge in [0, 0.05) is 45.6 Å². The maximum atomic E-state index is 5.17. The highest BCUT2D eigenvalue weighted by atomic mass is 15.1. The van der Waals surface area contributed by atoms with Crippen LogP contribution in [0.4, 0.5) is 17.1 Å². The van der Waals surface area contributed by atoms with E-state index in [0.29, 0.717) is 17.5 Å². The number of hydrogen-bond acceptors (Lipinski definition) is 4. The zero-order chi connectivity index (χ0) is 37.1. The van der Waals surface area contributed by atoms with Gasteiger partial charge in [0.2, 0.25) is 0 Å². The second-order valence-corrected chi connectivity index (χ2v) is 14.8. The van der Waals surface area contributed by atoms with Gasteiger partial charge in [-0.1, -0.05) is 164 Å². The van der Waals surface area contributed by atoms with Gasteiger partial charge in [0.25, 0.3) is 0 Å². The molecule has 264 valence electrons. The lowest BCUT2D eigenvalue weighted by atomic mass is 9.65. The van der Waals surface area contributed by atoms with Crippen LogP contribution in [-0.4, -0.2) is 15.0 Å². The van der Waals surface area contributed by atoms with E-state index >= 15 is 0 Å². The third-order valence-corrected chi connectivity index (χ3v) is 11.8. The van der Waals surface area contributed by atoms with Gasteiger partial charge in [-0.25, -0.2) is 15.0 Å². The maximum absolute atomic E-state index is 5.17. The summed E-state index contributed by atoms with van der Waals surface area (Å²) in [5.41, 5.74) is 13.7. The molecule has 3 aliphatic rings. The van der Waals surface area contributed by atoms with E-state index in [1.54, 1.807) is 0 Å². The third-order valence-electron chi connectivity index (χ3n) is 11.8. The van der Waals surface area contributed by atoms with E-state index in [4.69, 9.17) is 15.0 Å². The number of rotatable bonds is 6. The quantitative estimate of drug-likeness (QED) is 0.172. The number of fused-ring (bicyclic) bond motifs is 10. The summed E-state index contributed by atoms with van der Waals surface area (Å²) in [6.07, 6.45) is 9.31. The van der Waals surface area contributed by atoms with Gasteiger partial charge in [-0.2, -0.15) is 0 Å². The molecule has 56 heavy (non-hydrogen) atoms. The molecule has 3 unspecified atom stereocenters. The van der Waals surface area contributed by atoms with E-state index in [1.165, 1.54) is 33.4 Å². The summed E-state index contributed by atoms with van der Waals surface area (Å²) in [6, 6.07) is 64.9. The van der Waals surface area contributed by atoms with Crippen LogP contribution in [0.5, 0.6) is 0 Å². The first kappa shape index (κ1) is 32.3. The Balaban J connectivity index is 1.16. The molecule has 0 aliphatic heterocycles. The molecule has 0 fully saturated rings. The molecule has 1 spiro atoms. The maximum Gasteiger partial charge on any atom is 0.164 e. The molecular weight excluding hydrogens is 681 g/mol. The van der Waals surface area contributed by atoms with Crippen molar-refractivity contribution >= 4 is 17.1 Å². The first-order valence-electron chi connectivity index (χ1n) is 19.3. The predicted octanol–water partition coefficient (Wildman–Crippen LogP) is 12.5. The number of hydrogen-bond donors (Lipinski definition) is 0. The van der Waals surface area contributed by atoms with Crippen LogP contribution in [0.3, 0.4) is 0 Å². The molecule has 8 aromatic rings. The van der Waals surface area contributed by atoms with Gasteiger partial charge in [-0.05, 0) is 75.8 Å². The lowest BCUT2D eigenvalue weighted by molar-refractivity contribution is 0.465. The Hall–Kier alpha value is -7.17. The summed E-state index contributed by atoms with van der Waals surface area (Å²) in [5, 5.41) is 0. The molecule has 0 radical (unpaired) electrons. The summed E-state index contributed by atoms with van der Waals surface area (Å²) in [5.74, 6) is 2.38. The van der Waals surface area contributed by atoms with Gasteiger partial charge >= 0.3 is 0 Å². The van der Waals surface area contributed by atoms with Gasteiger partial charge < -0.3 is 4.90 Å². The lowest BCUT2D eigenvalue weighted by Crippen LogP contribution is -2.33. The molecule has 4 heteroatoms. The highest BCUT2D eigenvalue weighted by Gasteiger charge is 2.57. The summed E-state index contributed by atoms with van der Waals surface area (Å²) in [4.78, 5) is 17.7. The van der Waals surface area contributed by atoms with E-state index in [2.05, 4.69) is 175 Å². The van der Waals surface area contributed by atoms with Crippen LogP contribution in [0.2, 0.25) is 0 Å². The number of allylic oxidation sites excluding steroid dienone is 4. The smallest absolute Gasteiger partial charge is 0.164 e. The zero-order valence-electron chi connectivity index (χ0n) is 30.6. The Labute approximate surface area is 326 Å². The third kappa shape index (κ3) is 4.96. The van der Waals surface area contributed by atoms with Crippen LogP contribution < -0.4 is 4.90 Å². The molecule has 0 amide bonds. The number of anilines is 3. The molecule has 3 atom stereocenters. The standard InChI is InChI=1S/C52H36N4/c1-5-17-35(18-6-1)49-53-50(36-19-7-2-8-20-36)55-51(54-49)37-29-31-43-41-25-13-15-27-45(41)52(47(43)33-37)46-28-16-14-26-42(46)44-32-30-40(34-48(44)52)56(38-21-9-3-10-22-38)39-23-11-4-12-24-39/h1-34,42,46H. The molecule has 3 aliphatic carbocycles. The Morgan fingerprint density at radius 3 is 1.57 bits per heavy atom. The van der Waals surface area contributed by atoms with E-state index < -0.39 is 5.41 Å². The molecule has 1 heterocycles. The van der Waals surface area contributed by atoms with Crippen molar-refractivity contribution in [2.24, 2.45) is 5.92 Å². The monoisotopic (exact) mass is 716 g/mol. The van der Waals surface area contributed by atoms with E-state index in [0.717, 1.165) is 33.8 Å². The molecule has 0 saturated heterocycles. The number of aromatic nitrogens is 3. The van der Waals surface area contributed by atoms with Gasteiger partial charge in [0.05, 0.1) is 5.41 Å². The molecule has 11 rings (SSSR count). The molecular formula is C52H36N4. The van der Waals surface area contributed by atoms with Crippen molar-refractivity contribution in [2.45, 2.75) is 11.3 Å². The normalized spacial score (nSPS) is 18.3. The van der Waals surface area contributed by atoms with E-state index in [9.17, 15) is 0 Å². The Bertz CT molecular complexity index is 2720. The van der Waals surface area contributed by atoms with Crippen molar-refractivity contribution < 1.29 is 0 Å². The van der Waals surface area contributed by atoms with Crippen molar-refractivity contribution in [3.8, 4) is 45.3 Å². The van der Waals surface area contributed by atoms with Crippen molar-refractivity contribution in [3.63, 3.8) is 0 Å². The Morgan fingerprint density at radius 1 is 0.393 bits per heavy atom. The minimum absolute atomic E-state index is 0.176. The number of nitrogens with zero attached hydrogens (tertiary/aromatic N) is 4. The molecule has 0 saturated carbocycles. The molecule has 0 N–H and O–H groups in total. The van der Waals surface area contributed by atoms with Crippen LogP contribution in [0.1, 0.15) is 28.2 Å². The SMILES string of the molecule is C1=CC2c3ccc(N(c4ccccc4)c4ccccc4)cc3C3(c4ccccc4-c4ccc(-c5nc(-c6ccccc6)nc(-c6ccccc6)n5)cc43)C2C=C1. The first-order chi connectivity index (χ1) is 27.8. The second-order valence-electron chi connectivity index (χ2n) is 14.8. The molecule has 0 bridgehead atoms. The summed E-state index contributed by atoms with van der Waals surface area (Å²) in [7, 11) is 0. The topological polar surface area (TPSA) is 41.9 Å². The van der Waals surface area contributed by atoms with Crippen molar-refractivity contribution in [1.82, 2.24) is 15.0 Å². The van der Waals surface area contributed by atoms with E-state index in [1.807, 2.05) is 36.4 Å². The summed E-state index contributed by atoms with van der Waals surface area (Å²) >= 11 is 0. The molecule has 1 aromatic heterocycles. The van der Waals surface area contributed by atoms with Crippen molar-refractivity contribution in [1.29, 1.82) is 0 Å². The lowest BCUT2D eigenvalue weighted by Gasteiger charge is -2.36. The molecule has 7 aromatic carbocycles. The fourth-order valence-corrected chi connectivity index (χ4v) is 9.45. The van der Waals surface area contributed by atoms with Crippen LogP contribution in [0, 0.1) is 5.92 Å². The highest BCUT2D eigenvalue weighted by Crippen LogP contribution is 2.66. The minimum Gasteiger partial charge on any atom is -0.310 e. The van der Waals surface area contributed by atoms with Crippen molar-refractivity contribution in [3.05, 3.63) is 229 Å². The van der Waals surface area contributed by atoms with Gasteiger partial charge in [-0.15, -0.1) is 0 Å². The van der Waals surface area contributed by atoms with Gasteiger partial charge in [-0.3, -0.25) is 0 Å². The fraction of sp³-hybridized carbons (Fsp3) is 0.0577. The average Bonchev–Trinajstić information content (AvgIpc) is 3.74. The fourth-order valence-electron chi connectivity index (χ4n) is 9.45. The predicted molar refractivity (Wildman–Crippen MR) is 227 cm³/mol. The summed E-state index contributed by atoms with van der Waals surface area (Å²) < 4.78 is 0.